The zero-order chi connectivity index (χ0) is 19.5. The number of hydrogen-bond donors (Lipinski definition) is 1. The first-order chi connectivity index (χ1) is 12.1. The van der Waals surface area contributed by atoms with Gasteiger partial charge >= 0.3 is 6.03 Å². The van der Waals surface area contributed by atoms with E-state index in [0.29, 0.717) is 32.6 Å². The molecule has 144 valence electrons. The molecule has 0 atom stereocenters. The molecular formula is C21H33N3O2. The zero-order valence-electron chi connectivity index (χ0n) is 17.1. The molecule has 3 amide bonds. The lowest BCUT2D eigenvalue weighted by molar-refractivity contribution is -0.131. The van der Waals surface area contributed by atoms with Crippen LogP contribution in [0.5, 0.6) is 0 Å². The van der Waals surface area contributed by atoms with Gasteiger partial charge in [-0.25, -0.2) is 4.79 Å². The fourth-order valence-electron chi connectivity index (χ4n) is 3.10. The van der Waals surface area contributed by atoms with Gasteiger partial charge in [-0.3, -0.25) is 4.79 Å². The lowest BCUT2D eigenvalue weighted by atomic mass is 9.85. The highest BCUT2D eigenvalue weighted by atomic mass is 16.2. The Hall–Kier alpha value is -2.04. The molecule has 0 unspecified atom stereocenters. The summed E-state index contributed by atoms with van der Waals surface area (Å²) in [5.41, 5.74) is 3.57. The molecule has 26 heavy (non-hydrogen) atoms. The Morgan fingerprint density at radius 2 is 1.65 bits per heavy atom. The first-order valence-electron chi connectivity index (χ1n) is 9.51. The molecule has 5 heteroatoms. The van der Waals surface area contributed by atoms with E-state index in [0.717, 1.165) is 11.1 Å². The Morgan fingerprint density at radius 1 is 1.08 bits per heavy atom. The van der Waals surface area contributed by atoms with Crippen LogP contribution in [-0.4, -0.2) is 54.0 Å². The first kappa shape index (κ1) is 20.3. The molecule has 5 nitrogen and oxygen atoms in total. The van der Waals surface area contributed by atoms with Gasteiger partial charge < -0.3 is 15.1 Å². The van der Waals surface area contributed by atoms with E-state index in [4.69, 9.17) is 0 Å². The average molecular weight is 360 g/mol. The number of amides is 3. The van der Waals surface area contributed by atoms with Gasteiger partial charge in [-0.05, 0) is 42.9 Å². The van der Waals surface area contributed by atoms with E-state index in [2.05, 4.69) is 51.2 Å². The largest absolute Gasteiger partial charge is 0.339 e. The molecule has 1 aromatic carbocycles. The first-order valence-corrected chi connectivity index (χ1v) is 9.51. The molecule has 1 aliphatic rings. The summed E-state index contributed by atoms with van der Waals surface area (Å²) in [5.74, 6) is 0.142. The maximum atomic E-state index is 12.7. The fourth-order valence-corrected chi connectivity index (χ4v) is 3.10. The van der Waals surface area contributed by atoms with Crippen molar-refractivity contribution < 1.29 is 9.59 Å². The number of piperazine rings is 1. The summed E-state index contributed by atoms with van der Waals surface area (Å²) in [6, 6.07) is 6.51. The van der Waals surface area contributed by atoms with E-state index in [1.807, 2.05) is 18.7 Å². The SMILES string of the molecule is Cc1ccc(C(C)(C)C)cc1CC(=O)N1CCN(C(=O)NC(C)C)CC1. The van der Waals surface area contributed by atoms with Crippen molar-refractivity contribution in [3.8, 4) is 0 Å². The third kappa shape index (κ3) is 5.23. The monoisotopic (exact) mass is 359 g/mol. The summed E-state index contributed by atoms with van der Waals surface area (Å²) in [7, 11) is 0. The molecule has 1 aromatic rings. The number of urea groups is 1. The lowest BCUT2D eigenvalue weighted by Crippen LogP contribution is -2.54. The van der Waals surface area contributed by atoms with Gasteiger partial charge in [-0.1, -0.05) is 39.0 Å². The molecule has 0 aliphatic carbocycles. The molecular weight excluding hydrogens is 326 g/mol. The van der Waals surface area contributed by atoms with Crippen LogP contribution in [0.1, 0.15) is 51.3 Å². The van der Waals surface area contributed by atoms with Gasteiger partial charge in [-0.15, -0.1) is 0 Å². The number of benzene rings is 1. The van der Waals surface area contributed by atoms with Gasteiger partial charge in [0, 0.05) is 32.2 Å². The number of aryl methyl sites for hydroxylation is 1. The van der Waals surface area contributed by atoms with Crippen LogP contribution in [0.3, 0.4) is 0 Å². The second-order valence-electron chi connectivity index (χ2n) is 8.54. The van der Waals surface area contributed by atoms with Gasteiger partial charge in [0.05, 0.1) is 6.42 Å². The van der Waals surface area contributed by atoms with Crippen molar-refractivity contribution in [2.24, 2.45) is 0 Å². The Bertz CT molecular complexity index is 654. The topological polar surface area (TPSA) is 52.7 Å². The van der Waals surface area contributed by atoms with Crippen molar-refractivity contribution in [2.75, 3.05) is 26.2 Å². The van der Waals surface area contributed by atoms with Crippen molar-refractivity contribution in [3.63, 3.8) is 0 Å². The summed E-state index contributed by atoms with van der Waals surface area (Å²) in [5, 5.41) is 2.91. The van der Waals surface area contributed by atoms with Crippen molar-refractivity contribution in [2.45, 2.75) is 59.4 Å². The highest BCUT2D eigenvalue weighted by Crippen LogP contribution is 2.25. The highest BCUT2D eigenvalue weighted by Gasteiger charge is 2.25. The Kier molecular flexibility index (Phi) is 6.32. The molecule has 0 aromatic heterocycles. The van der Waals surface area contributed by atoms with E-state index in [1.54, 1.807) is 4.90 Å². The van der Waals surface area contributed by atoms with Gasteiger partial charge in [0.1, 0.15) is 0 Å². The molecule has 0 saturated carbocycles. The quantitative estimate of drug-likeness (QED) is 0.902. The minimum Gasteiger partial charge on any atom is -0.339 e. The van der Waals surface area contributed by atoms with E-state index in [9.17, 15) is 9.59 Å². The fraction of sp³-hybridized carbons (Fsp3) is 0.619. The van der Waals surface area contributed by atoms with E-state index >= 15 is 0 Å². The molecule has 2 rings (SSSR count). The number of nitrogens with zero attached hydrogens (tertiary/aromatic N) is 2. The van der Waals surface area contributed by atoms with Crippen LogP contribution < -0.4 is 5.32 Å². The van der Waals surface area contributed by atoms with Crippen LogP contribution in [0.25, 0.3) is 0 Å². The summed E-state index contributed by atoms with van der Waals surface area (Å²) >= 11 is 0. The Labute approximate surface area is 157 Å². The minimum atomic E-state index is -0.0409. The van der Waals surface area contributed by atoms with Gasteiger partial charge in [0.15, 0.2) is 0 Å². The predicted octanol–water partition coefficient (Wildman–Crippen LogP) is 3.10. The number of nitrogens with one attached hydrogen (secondary N) is 1. The lowest BCUT2D eigenvalue weighted by Gasteiger charge is -2.35. The smallest absolute Gasteiger partial charge is 0.317 e. The van der Waals surface area contributed by atoms with Crippen LogP contribution in [0, 0.1) is 6.92 Å². The minimum absolute atomic E-state index is 0.0409. The van der Waals surface area contributed by atoms with E-state index < -0.39 is 0 Å². The van der Waals surface area contributed by atoms with Gasteiger partial charge in [-0.2, -0.15) is 0 Å². The third-order valence-corrected chi connectivity index (χ3v) is 4.89. The van der Waals surface area contributed by atoms with Crippen LogP contribution in [0.4, 0.5) is 4.79 Å². The summed E-state index contributed by atoms with van der Waals surface area (Å²) < 4.78 is 0. The maximum absolute atomic E-state index is 12.7. The van der Waals surface area contributed by atoms with Crippen LogP contribution in [-0.2, 0) is 16.6 Å². The Balaban J connectivity index is 1.96. The molecule has 0 bridgehead atoms. The number of rotatable bonds is 3. The summed E-state index contributed by atoms with van der Waals surface area (Å²) in [4.78, 5) is 28.5. The van der Waals surface area contributed by atoms with Crippen LogP contribution >= 0.6 is 0 Å². The highest BCUT2D eigenvalue weighted by molar-refractivity contribution is 5.80. The number of carbonyl (C=O) groups is 2. The maximum Gasteiger partial charge on any atom is 0.317 e. The standard InChI is InChI=1S/C21H33N3O2/c1-15(2)22-20(26)24-11-9-23(10-12-24)19(25)14-17-13-18(21(4,5)6)8-7-16(17)3/h7-8,13,15H,9-12,14H2,1-6H3,(H,22,26). The summed E-state index contributed by atoms with van der Waals surface area (Å²) in [6.07, 6.45) is 0.425. The molecule has 1 aliphatic heterocycles. The van der Waals surface area contributed by atoms with Gasteiger partial charge in [0.2, 0.25) is 5.91 Å². The summed E-state index contributed by atoms with van der Waals surface area (Å²) in [6.45, 7) is 14.9. The second kappa shape index (κ2) is 8.11. The molecule has 1 N–H and O–H groups in total. The molecule has 1 saturated heterocycles. The van der Waals surface area contributed by atoms with Crippen molar-refractivity contribution in [1.82, 2.24) is 15.1 Å². The Morgan fingerprint density at radius 3 is 2.19 bits per heavy atom. The average Bonchev–Trinajstić information content (AvgIpc) is 2.55. The second-order valence-corrected chi connectivity index (χ2v) is 8.54. The molecule has 0 spiro atoms. The van der Waals surface area contributed by atoms with E-state index in [1.165, 1.54) is 5.56 Å². The molecule has 0 radical (unpaired) electrons. The number of hydrogen-bond acceptors (Lipinski definition) is 2. The normalized spacial score (nSPS) is 15.3. The van der Waals surface area contributed by atoms with Crippen molar-refractivity contribution in [3.05, 3.63) is 34.9 Å². The van der Waals surface area contributed by atoms with Crippen molar-refractivity contribution >= 4 is 11.9 Å². The predicted molar refractivity (Wildman–Crippen MR) is 105 cm³/mol. The third-order valence-electron chi connectivity index (χ3n) is 4.89. The molecule has 1 fully saturated rings. The van der Waals surface area contributed by atoms with Crippen LogP contribution in [0.2, 0.25) is 0 Å². The van der Waals surface area contributed by atoms with Gasteiger partial charge in [0.25, 0.3) is 0 Å². The number of carbonyl (C=O) groups excluding carboxylic acids is 2. The van der Waals surface area contributed by atoms with Crippen molar-refractivity contribution in [1.29, 1.82) is 0 Å². The zero-order valence-corrected chi connectivity index (χ0v) is 17.1. The van der Waals surface area contributed by atoms with Crippen LogP contribution in [0.15, 0.2) is 18.2 Å². The van der Waals surface area contributed by atoms with E-state index in [-0.39, 0.29) is 23.4 Å². The molecule has 1 heterocycles.